The first-order chi connectivity index (χ1) is 11.6. The Morgan fingerprint density at radius 1 is 1.12 bits per heavy atom. The molecule has 24 heavy (non-hydrogen) atoms. The van der Waals surface area contributed by atoms with E-state index < -0.39 is 0 Å². The van der Waals surface area contributed by atoms with Crippen molar-refractivity contribution in [2.24, 2.45) is 5.41 Å². The van der Waals surface area contributed by atoms with Crippen LogP contribution in [0, 0.1) is 5.41 Å². The van der Waals surface area contributed by atoms with E-state index >= 15 is 0 Å². The molecule has 0 aromatic heterocycles. The number of hydrogen-bond acceptors (Lipinski definition) is 1. The Hall–Kier alpha value is -2.02. The van der Waals surface area contributed by atoms with Gasteiger partial charge < -0.3 is 4.74 Å². The fourth-order valence-corrected chi connectivity index (χ4v) is 2.82. The molecule has 1 aliphatic carbocycles. The number of ether oxygens (including phenoxy) is 1. The van der Waals surface area contributed by atoms with Gasteiger partial charge in [-0.25, -0.2) is 0 Å². The Kier molecular flexibility index (Phi) is 7.11. The zero-order valence-corrected chi connectivity index (χ0v) is 15.1. The highest BCUT2D eigenvalue weighted by molar-refractivity contribution is 5.66. The van der Waals surface area contributed by atoms with Crippen molar-refractivity contribution in [3.8, 4) is 5.75 Å². The van der Waals surface area contributed by atoms with Gasteiger partial charge in [-0.3, -0.25) is 0 Å². The molecule has 1 nitrogen and oxygen atoms in total. The average Bonchev–Trinajstić information content (AvgIpc) is 2.58. The number of rotatable bonds is 8. The first-order valence-corrected chi connectivity index (χ1v) is 8.95. The molecule has 1 aliphatic rings. The smallest absolute Gasteiger partial charge is 0.119 e. The Morgan fingerprint density at radius 2 is 1.92 bits per heavy atom. The van der Waals surface area contributed by atoms with E-state index in [1.54, 1.807) is 6.08 Å². The molecule has 0 aliphatic heterocycles. The molecule has 0 radical (unpaired) electrons. The van der Waals surface area contributed by atoms with Crippen LogP contribution in [0.1, 0.15) is 51.5 Å². The van der Waals surface area contributed by atoms with Crippen LogP contribution < -0.4 is 4.74 Å². The number of benzene rings is 1. The molecular weight excluding hydrogens is 292 g/mol. The number of hydrogen-bond donors (Lipinski definition) is 0. The van der Waals surface area contributed by atoms with Crippen LogP contribution >= 0.6 is 0 Å². The van der Waals surface area contributed by atoms with E-state index in [9.17, 15) is 0 Å². The molecule has 0 heterocycles. The van der Waals surface area contributed by atoms with Gasteiger partial charge in [0.15, 0.2) is 0 Å². The van der Waals surface area contributed by atoms with Gasteiger partial charge >= 0.3 is 0 Å². The summed E-state index contributed by atoms with van der Waals surface area (Å²) in [5, 5.41) is 0. The molecule has 2 rings (SSSR count). The van der Waals surface area contributed by atoms with E-state index in [1.165, 1.54) is 30.4 Å². The predicted molar refractivity (Wildman–Crippen MR) is 105 cm³/mol. The normalized spacial score (nSPS) is 17.2. The molecule has 1 heteroatoms. The predicted octanol–water partition coefficient (Wildman–Crippen LogP) is 6.74. The first kappa shape index (κ1) is 18.3. The summed E-state index contributed by atoms with van der Waals surface area (Å²) in [5.74, 6) is 0.954. The molecule has 0 amide bonds. The van der Waals surface area contributed by atoms with Crippen LogP contribution in [0.5, 0.6) is 5.75 Å². The molecule has 0 fully saturated rings. The standard InChI is InChI=1S/C23H30O/c1-4-5-6-7-8-9-10-19-24-22-13-11-20(12-14-22)21-15-17-23(2,3)18-16-21/h4-6,8-9,11-15H,1,7,10,16-19H2,2-3H3/b6-5-,9-8-. The maximum Gasteiger partial charge on any atom is 0.119 e. The largest absolute Gasteiger partial charge is 0.493 e. The van der Waals surface area contributed by atoms with Crippen LogP contribution in [0.2, 0.25) is 0 Å². The van der Waals surface area contributed by atoms with Gasteiger partial charge in [-0.2, -0.15) is 0 Å². The van der Waals surface area contributed by atoms with Crippen LogP contribution in [0.4, 0.5) is 0 Å². The molecule has 0 saturated carbocycles. The molecule has 128 valence electrons. The van der Waals surface area contributed by atoms with Gasteiger partial charge in [0, 0.05) is 0 Å². The lowest BCUT2D eigenvalue weighted by Crippen LogP contribution is -2.14. The Balaban J connectivity index is 1.75. The highest BCUT2D eigenvalue weighted by atomic mass is 16.5. The van der Waals surface area contributed by atoms with Crippen molar-refractivity contribution in [1.29, 1.82) is 0 Å². The zero-order valence-electron chi connectivity index (χ0n) is 15.1. The third-order valence-electron chi connectivity index (χ3n) is 4.46. The zero-order chi connectivity index (χ0) is 17.3. The summed E-state index contributed by atoms with van der Waals surface area (Å²) in [5.41, 5.74) is 3.28. The third kappa shape index (κ3) is 6.23. The van der Waals surface area contributed by atoms with Gasteiger partial charge in [0.25, 0.3) is 0 Å². The maximum atomic E-state index is 5.80. The highest BCUT2D eigenvalue weighted by Crippen LogP contribution is 2.38. The summed E-state index contributed by atoms with van der Waals surface area (Å²) < 4.78 is 5.80. The fraction of sp³-hybridized carbons (Fsp3) is 0.391. The van der Waals surface area contributed by atoms with Crippen molar-refractivity contribution in [3.63, 3.8) is 0 Å². The van der Waals surface area contributed by atoms with Crippen LogP contribution in [0.25, 0.3) is 5.57 Å². The molecule has 0 bridgehead atoms. The average molecular weight is 322 g/mol. The molecule has 1 aromatic rings. The second-order valence-corrected chi connectivity index (χ2v) is 7.13. The van der Waals surface area contributed by atoms with Crippen molar-refractivity contribution < 1.29 is 4.74 Å². The Morgan fingerprint density at radius 3 is 2.58 bits per heavy atom. The van der Waals surface area contributed by atoms with E-state index in [1.807, 2.05) is 6.08 Å². The van der Waals surface area contributed by atoms with E-state index in [-0.39, 0.29) is 0 Å². The minimum absolute atomic E-state index is 0.460. The second-order valence-electron chi connectivity index (χ2n) is 7.13. The fourth-order valence-electron chi connectivity index (χ4n) is 2.82. The SMILES string of the molecule is C=C/C=C\C/C=C\CCOc1ccc(C2=CCC(C)(C)CC2)cc1. The van der Waals surface area contributed by atoms with E-state index in [0.717, 1.165) is 25.2 Å². The van der Waals surface area contributed by atoms with Gasteiger partial charge in [-0.1, -0.05) is 69.0 Å². The molecule has 0 atom stereocenters. The monoisotopic (exact) mass is 322 g/mol. The Labute approximate surface area is 147 Å². The lowest BCUT2D eigenvalue weighted by Gasteiger charge is -2.28. The van der Waals surface area contributed by atoms with Crippen LogP contribution in [0.15, 0.2) is 67.3 Å². The van der Waals surface area contributed by atoms with E-state index in [0.29, 0.717) is 5.41 Å². The van der Waals surface area contributed by atoms with Gasteiger partial charge in [0.05, 0.1) is 6.61 Å². The summed E-state index contributed by atoms with van der Waals surface area (Å²) >= 11 is 0. The lowest BCUT2D eigenvalue weighted by molar-refractivity contribution is 0.324. The summed E-state index contributed by atoms with van der Waals surface area (Å²) in [4.78, 5) is 0. The van der Waals surface area contributed by atoms with Crippen LogP contribution in [-0.2, 0) is 0 Å². The van der Waals surface area contributed by atoms with Crippen LogP contribution in [0.3, 0.4) is 0 Å². The molecule has 1 aromatic carbocycles. The molecule has 0 spiro atoms. The molecule has 0 saturated heterocycles. The van der Waals surface area contributed by atoms with Crippen molar-refractivity contribution in [3.05, 3.63) is 72.9 Å². The molecule has 0 N–H and O–H groups in total. The third-order valence-corrected chi connectivity index (χ3v) is 4.46. The van der Waals surface area contributed by atoms with Crippen molar-refractivity contribution in [2.75, 3.05) is 6.61 Å². The summed E-state index contributed by atoms with van der Waals surface area (Å²) in [6.45, 7) is 9.07. The topological polar surface area (TPSA) is 9.23 Å². The van der Waals surface area contributed by atoms with Gasteiger partial charge in [-0.15, -0.1) is 0 Å². The number of allylic oxidation sites excluding steroid dienone is 6. The summed E-state index contributed by atoms with van der Waals surface area (Å²) in [6.07, 6.45) is 18.1. The van der Waals surface area contributed by atoms with Crippen molar-refractivity contribution in [1.82, 2.24) is 0 Å². The highest BCUT2D eigenvalue weighted by Gasteiger charge is 2.21. The summed E-state index contributed by atoms with van der Waals surface area (Å²) in [7, 11) is 0. The minimum Gasteiger partial charge on any atom is -0.493 e. The minimum atomic E-state index is 0.460. The van der Waals surface area contributed by atoms with Gasteiger partial charge in [0.2, 0.25) is 0 Å². The Bertz CT molecular complexity index is 599. The van der Waals surface area contributed by atoms with E-state index in [4.69, 9.17) is 4.74 Å². The van der Waals surface area contributed by atoms with Crippen molar-refractivity contribution in [2.45, 2.75) is 46.0 Å². The second kappa shape index (κ2) is 9.32. The molecular formula is C23H30O. The molecule has 0 unspecified atom stereocenters. The maximum absolute atomic E-state index is 5.80. The quantitative estimate of drug-likeness (QED) is 0.292. The van der Waals surface area contributed by atoms with Gasteiger partial charge in [-0.05, 0) is 60.8 Å². The lowest BCUT2D eigenvalue weighted by atomic mass is 9.77. The van der Waals surface area contributed by atoms with Crippen LogP contribution in [-0.4, -0.2) is 6.61 Å². The van der Waals surface area contributed by atoms with Crippen molar-refractivity contribution >= 4 is 5.57 Å². The van der Waals surface area contributed by atoms with E-state index in [2.05, 4.69) is 69.0 Å². The summed E-state index contributed by atoms with van der Waals surface area (Å²) in [6, 6.07) is 8.56. The van der Waals surface area contributed by atoms with Gasteiger partial charge in [0.1, 0.15) is 5.75 Å². The first-order valence-electron chi connectivity index (χ1n) is 8.95.